The van der Waals surface area contributed by atoms with Crippen LogP contribution in [-0.2, 0) is 19.6 Å². The van der Waals surface area contributed by atoms with Crippen molar-refractivity contribution in [3.05, 3.63) is 0 Å². The molecule has 0 aromatic heterocycles. The van der Waals surface area contributed by atoms with E-state index in [2.05, 4.69) is 0 Å². The molecule has 6 nitrogen and oxygen atoms in total. The number of carbonyl (C=O) groups excluding carboxylic acids is 1. The lowest BCUT2D eigenvalue weighted by molar-refractivity contribution is -0.135. The Bertz CT molecular complexity index is 431. The highest BCUT2D eigenvalue weighted by Crippen LogP contribution is 2.24. The zero-order valence-corrected chi connectivity index (χ0v) is 12.4. The standard InChI is InChI=1S/C12H22N2O4S/c1-10(15)14(11-4-7-18-8-5-11)12-3-6-13(9-12)19(2,16)17/h11-12H,3-9H2,1-2H3. The largest absolute Gasteiger partial charge is 0.381 e. The van der Waals surface area contributed by atoms with Gasteiger partial charge in [-0.2, -0.15) is 0 Å². The fourth-order valence-corrected chi connectivity index (χ4v) is 3.89. The molecule has 2 rings (SSSR count). The summed E-state index contributed by atoms with van der Waals surface area (Å²) < 4.78 is 29.9. The van der Waals surface area contributed by atoms with Crippen molar-refractivity contribution in [1.82, 2.24) is 9.21 Å². The van der Waals surface area contributed by atoms with Crippen molar-refractivity contribution in [2.75, 3.05) is 32.6 Å². The molecule has 2 aliphatic heterocycles. The van der Waals surface area contributed by atoms with Crippen LogP contribution in [0.1, 0.15) is 26.2 Å². The summed E-state index contributed by atoms with van der Waals surface area (Å²) in [7, 11) is -3.15. The fourth-order valence-electron chi connectivity index (χ4n) is 3.01. The lowest BCUT2D eigenvalue weighted by Gasteiger charge is -2.37. The molecule has 2 fully saturated rings. The van der Waals surface area contributed by atoms with Crippen molar-refractivity contribution in [1.29, 1.82) is 0 Å². The second kappa shape index (κ2) is 5.76. The van der Waals surface area contributed by atoms with E-state index in [0.717, 1.165) is 19.3 Å². The van der Waals surface area contributed by atoms with Crippen LogP contribution < -0.4 is 0 Å². The van der Waals surface area contributed by atoms with E-state index in [1.807, 2.05) is 4.90 Å². The molecule has 2 heterocycles. The Morgan fingerprint density at radius 1 is 1.21 bits per heavy atom. The van der Waals surface area contributed by atoms with E-state index in [1.165, 1.54) is 10.6 Å². The third-order valence-electron chi connectivity index (χ3n) is 3.94. The predicted molar refractivity (Wildman–Crippen MR) is 71.2 cm³/mol. The molecule has 2 aliphatic rings. The quantitative estimate of drug-likeness (QED) is 0.736. The van der Waals surface area contributed by atoms with Gasteiger partial charge in [0.2, 0.25) is 15.9 Å². The van der Waals surface area contributed by atoms with Crippen molar-refractivity contribution in [2.24, 2.45) is 0 Å². The maximum Gasteiger partial charge on any atom is 0.219 e. The lowest BCUT2D eigenvalue weighted by Crippen LogP contribution is -2.49. The van der Waals surface area contributed by atoms with Crippen LogP contribution in [0.4, 0.5) is 0 Å². The van der Waals surface area contributed by atoms with Crippen molar-refractivity contribution in [3.63, 3.8) is 0 Å². The Labute approximate surface area is 114 Å². The molecule has 0 saturated carbocycles. The van der Waals surface area contributed by atoms with E-state index >= 15 is 0 Å². The summed E-state index contributed by atoms with van der Waals surface area (Å²) in [5, 5.41) is 0. The Morgan fingerprint density at radius 2 is 1.84 bits per heavy atom. The van der Waals surface area contributed by atoms with Gasteiger partial charge in [-0.15, -0.1) is 0 Å². The molecule has 0 radical (unpaired) electrons. The van der Waals surface area contributed by atoms with Gasteiger partial charge in [-0.05, 0) is 19.3 Å². The van der Waals surface area contributed by atoms with Crippen LogP contribution in [0.15, 0.2) is 0 Å². The molecule has 1 unspecified atom stereocenters. The van der Waals surface area contributed by atoms with E-state index in [9.17, 15) is 13.2 Å². The first kappa shape index (κ1) is 14.7. The molecular weight excluding hydrogens is 268 g/mol. The predicted octanol–water partition coefficient (Wildman–Crippen LogP) is 0.0478. The van der Waals surface area contributed by atoms with Gasteiger partial charge in [0.25, 0.3) is 0 Å². The number of ether oxygens (including phenoxy) is 1. The summed E-state index contributed by atoms with van der Waals surface area (Å²) in [5.74, 6) is 0.0345. The van der Waals surface area contributed by atoms with E-state index in [0.29, 0.717) is 26.3 Å². The average Bonchev–Trinajstić information content (AvgIpc) is 2.79. The molecule has 0 N–H and O–H groups in total. The van der Waals surface area contributed by atoms with Gasteiger partial charge >= 0.3 is 0 Å². The molecule has 1 atom stereocenters. The molecule has 2 saturated heterocycles. The molecule has 19 heavy (non-hydrogen) atoms. The van der Waals surface area contributed by atoms with Gasteiger partial charge in [-0.3, -0.25) is 4.79 Å². The first-order valence-corrected chi connectivity index (χ1v) is 8.56. The highest BCUT2D eigenvalue weighted by atomic mass is 32.2. The summed E-state index contributed by atoms with van der Waals surface area (Å²) in [5.41, 5.74) is 0. The number of carbonyl (C=O) groups is 1. The molecule has 0 aromatic carbocycles. The van der Waals surface area contributed by atoms with Crippen LogP contribution in [-0.4, -0.2) is 68.2 Å². The zero-order valence-electron chi connectivity index (χ0n) is 11.5. The fraction of sp³-hybridized carbons (Fsp3) is 0.917. The number of hydrogen-bond donors (Lipinski definition) is 0. The van der Waals surface area contributed by atoms with Gasteiger partial charge in [0, 0.05) is 45.3 Å². The van der Waals surface area contributed by atoms with Gasteiger partial charge in [0.05, 0.1) is 6.26 Å². The van der Waals surface area contributed by atoms with Crippen molar-refractivity contribution >= 4 is 15.9 Å². The topological polar surface area (TPSA) is 66.9 Å². The molecule has 7 heteroatoms. The lowest BCUT2D eigenvalue weighted by atomic mass is 10.0. The molecule has 1 amide bonds. The van der Waals surface area contributed by atoms with Crippen LogP contribution >= 0.6 is 0 Å². The smallest absolute Gasteiger partial charge is 0.219 e. The second-order valence-corrected chi connectivity index (χ2v) is 7.32. The minimum atomic E-state index is -3.15. The molecule has 0 spiro atoms. The van der Waals surface area contributed by atoms with Crippen LogP contribution in [0.2, 0.25) is 0 Å². The van der Waals surface area contributed by atoms with Crippen molar-refractivity contribution in [2.45, 2.75) is 38.3 Å². The van der Waals surface area contributed by atoms with Crippen LogP contribution in [0, 0.1) is 0 Å². The Hall–Kier alpha value is -0.660. The number of rotatable bonds is 3. The number of nitrogens with zero attached hydrogens (tertiary/aromatic N) is 2. The van der Waals surface area contributed by atoms with E-state index in [-0.39, 0.29) is 18.0 Å². The first-order valence-electron chi connectivity index (χ1n) is 6.71. The molecular formula is C12H22N2O4S. The Morgan fingerprint density at radius 3 is 2.32 bits per heavy atom. The van der Waals surface area contributed by atoms with E-state index in [4.69, 9.17) is 4.74 Å². The number of amides is 1. The summed E-state index contributed by atoms with van der Waals surface area (Å²) in [4.78, 5) is 13.8. The minimum absolute atomic E-state index is 0.00956. The SMILES string of the molecule is CC(=O)N(C1CCOCC1)C1CCN(S(C)(=O)=O)C1. The molecule has 0 aromatic rings. The van der Waals surface area contributed by atoms with E-state index < -0.39 is 10.0 Å². The average molecular weight is 290 g/mol. The minimum Gasteiger partial charge on any atom is -0.381 e. The van der Waals surface area contributed by atoms with E-state index in [1.54, 1.807) is 6.92 Å². The van der Waals surface area contributed by atoms with Crippen LogP contribution in [0.5, 0.6) is 0 Å². The Kier molecular flexibility index (Phi) is 4.47. The molecule has 110 valence electrons. The van der Waals surface area contributed by atoms with Gasteiger partial charge in [-0.1, -0.05) is 0 Å². The van der Waals surface area contributed by atoms with Crippen molar-refractivity contribution in [3.8, 4) is 0 Å². The summed E-state index contributed by atoms with van der Waals surface area (Å²) >= 11 is 0. The van der Waals surface area contributed by atoms with Gasteiger partial charge in [-0.25, -0.2) is 12.7 Å². The van der Waals surface area contributed by atoms with Gasteiger partial charge in [0.1, 0.15) is 0 Å². The van der Waals surface area contributed by atoms with Crippen molar-refractivity contribution < 1.29 is 17.9 Å². The summed E-state index contributed by atoms with van der Waals surface area (Å²) in [6, 6.07) is 0.200. The summed E-state index contributed by atoms with van der Waals surface area (Å²) in [6.45, 7) is 3.86. The first-order chi connectivity index (χ1) is 8.89. The van der Waals surface area contributed by atoms with Gasteiger partial charge < -0.3 is 9.64 Å². The third-order valence-corrected chi connectivity index (χ3v) is 5.21. The number of hydrogen-bond acceptors (Lipinski definition) is 4. The van der Waals surface area contributed by atoms with Gasteiger partial charge in [0.15, 0.2) is 0 Å². The molecule has 0 bridgehead atoms. The maximum absolute atomic E-state index is 11.9. The monoisotopic (exact) mass is 290 g/mol. The van der Waals surface area contributed by atoms with Crippen LogP contribution in [0.3, 0.4) is 0 Å². The zero-order chi connectivity index (χ0) is 14.0. The molecule has 0 aliphatic carbocycles. The Balaban J connectivity index is 2.06. The summed E-state index contributed by atoms with van der Waals surface area (Å²) in [6.07, 6.45) is 3.63. The van der Waals surface area contributed by atoms with Crippen LogP contribution in [0.25, 0.3) is 0 Å². The maximum atomic E-state index is 11.9. The number of sulfonamides is 1. The highest BCUT2D eigenvalue weighted by Gasteiger charge is 2.36. The highest BCUT2D eigenvalue weighted by molar-refractivity contribution is 7.88. The third kappa shape index (κ3) is 3.46. The second-order valence-electron chi connectivity index (χ2n) is 5.33. The normalized spacial score (nSPS) is 26.5.